The van der Waals surface area contributed by atoms with Gasteiger partial charge in [-0.3, -0.25) is 4.79 Å². The van der Waals surface area contributed by atoms with Gasteiger partial charge in [-0.25, -0.2) is 8.78 Å². The molecule has 0 N–H and O–H groups in total. The average molecular weight is 301 g/mol. The molecule has 0 saturated heterocycles. The van der Waals surface area contributed by atoms with Crippen molar-refractivity contribution < 1.29 is 13.6 Å². The number of nitrogens with zero attached hydrogens (tertiary/aromatic N) is 1. The summed E-state index contributed by atoms with van der Waals surface area (Å²) < 4.78 is 27.2. The lowest BCUT2D eigenvalue weighted by Crippen LogP contribution is -2.36. The van der Waals surface area contributed by atoms with Gasteiger partial charge in [-0.05, 0) is 48.6 Å². The van der Waals surface area contributed by atoms with E-state index in [0.717, 1.165) is 24.0 Å². The van der Waals surface area contributed by atoms with Crippen molar-refractivity contribution in [3.8, 4) is 0 Å². The summed E-state index contributed by atoms with van der Waals surface area (Å²) in [5.41, 5.74) is 2.07. The molecule has 2 aromatic rings. The fourth-order valence-corrected chi connectivity index (χ4v) is 2.93. The topological polar surface area (TPSA) is 20.3 Å². The molecule has 22 heavy (non-hydrogen) atoms. The van der Waals surface area contributed by atoms with Crippen LogP contribution in [0.3, 0.4) is 0 Å². The summed E-state index contributed by atoms with van der Waals surface area (Å²) in [6, 6.07) is 11.2. The normalized spacial score (nSPS) is 13.8. The van der Waals surface area contributed by atoms with E-state index in [1.165, 1.54) is 23.1 Å². The largest absolute Gasteiger partial charge is 0.309 e. The zero-order valence-electron chi connectivity index (χ0n) is 12.2. The third-order valence-electron chi connectivity index (χ3n) is 3.99. The van der Waals surface area contributed by atoms with E-state index in [1.807, 2.05) is 6.07 Å². The monoisotopic (exact) mass is 301 g/mol. The summed E-state index contributed by atoms with van der Waals surface area (Å²) in [7, 11) is 0. The number of fused-ring (bicyclic) bond motifs is 1. The van der Waals surface area contributed by atoms with E-state index in [1.54, 1.807) is 18.2 Å². The van der Waals surface area contributed by atoms with Gasteiger partial charge in [0.25, 0.3) is 0 Å². The molecule has 0 atom stereocenters. The van der Waals surface area contributed by atoms with Crippen molar-refractivity contribution in [2.24, 2.45) is 0 Å². The maximum absolute atomic E-state index is 14.1. The number of carbonyl (C=O) groups excluding carboxylic acids is 1. The van der Waals surface area contributed by atoms with E-state index in [-0.39, 0.29) is 24.0 Å². The Bertz CT molecular complexity index is 699. The van der Waals surface area contributed by atoms with Gasteiger partial charge in [0.1, 0.15) is 11.6 Å². The summed E-state index contributed by atoms with van der Waals surface area (Å²) in [6.45, 7) is 0.538. The molecule has 4 heteroatoms. The van der Waals surface area contributed by atoms with Crippen molar-refractivity contribution in [3.63, 3.8) is 0 Å². The smallest absolute Gasteiger partial charge is 0.227 e. The van der Waals surface area contributed by atoms with Crippen LogP contribution in [0.5, 0.6) is 0 Å². The summed E-state index contributed by atoms with van der Waals surface area (Å²) in [4.78, 5) is 14.0. The number of amides is 1. The van der Waals surface area contributed by atoms with Crippen LogP contribution >= 0.6 is 0 Å². The Labute approximate surface area is 128 Å². The Morgan fingerprint density at radius 3 is 2.77 bits per heavy atom. The van der Waals surface area contributed by atoms with Crippen LogP contribution in [0.25, 0.3) is 0 Å². The molecule has 1 aliphatic rings. The minimum absolute atomic E-state index is 0.115. The van der Waals surface area contributed by atoms with E-state index in [2.05, 4.69) is 0 Å². The number of anilines is 1. The SMILES string of the molecule is O=C(CCc1cccc(F)c1)N1CCCc2cccc(F)c21. The highest BCUT2D eigenvalue weighted by Gasteiger charge is 2.25. The lowest BCUT2D eigenvalue weighted by Gasteiger charge is -2.30. The summed E-state index contributed by atoms with van der Waals surface area (Å²) in [6.07, 6.45) is 2.33. The van der Waals surface area contributed by atoms with E-state index in [0.29, 0.717) is 18.7 Å². The van der Waals surface area contributed by atoms with Gasteiger partial charge in [0.15, 0.2) is 0 Å². The minimum Gasteiger partial charge on any atom is -0.309 e. The molecule has 0 unspecified atom stereocenters. The van der Waals surface area contributed by atoms with E-state index in [4.69, 9.17) is 0 Å². The third-order valence-corrected chi connectivity index (χ3v) is 3.99. The van der Waals surface area contributed by atoms with Crippen LogP contribution in [0.1, 0.15) is 24.0 Å². The maximum atomic E-state index is 14.1. The van der Waals surface area contributed by atoms with Crippen LogP contribution in [0, 0.1) is 11.6 Å². The van der Waals surface area contributed by atoms with Gasteiger partial charge in [-0.2, -0.15) is 0 Å². The van der Waals surface area contributed by atoms with Crippen LogP contribution in [0.2, 0.25) is 0 Å². The van der Waals surface area contributed by atoms with Crippen molar-refractivity contribution in [1.29, 1.82) is 0 Å². The molecular weight excluding hydrogens is 284 g/mol. The Balaban J connectivity index is 1.74. The predicted octanol–water partition coefficient (Wildman–Crippen LogP) is 3.88. The van der Waals surface area contributed by atoms with Gasteiger partial charge < -0.3 is 4.90 Å². The molecule has 3 rings (SSSR count). The molecular formula is C18H17F2NO. The first kappa shape index (κ1) is 14.7. The second-order valence-electron chi connectivity index (χ2n) is 5.53. The highest BCUT2D eigenvalue weighted by Crippen LogP contribution is 2.30. The molecule has 1 heterocycles. The lowest BCUT2D eigenvalue weighted by atomic mass is 10.0. The van der Waals surface area contributed by atoms with Crippen LogP contribution in [-0.4, -0.2) is 12.5 Å². The third kappa shape index (κ3) is 3.01. The van der Waals surface area contributed by atoms with E-state index in [9.17, 15) is 13.6 Å². The summed E-state index contributed by atoms with van der Waals surface area (Å²) >= 11 is 0. The summed E-state index contributed by atoms with van der Waals surface area (Å²) in [5, 5.41) is 0. The fraction of sp³-hybridized carbons (Fsp3) is 0.278. The van der Waals surface area contributed by atoms with Crippen molar-refractivity contribution in [1.82, 2.24) is 0 Å². The zero-order valence-corrected chi connectivity index (χ0v) is 12.2. The molecule has 1 amide bonds. The number of benzene rings is 2. The number of hydrogen-bond donors (Lipinski definition) is 0. The highest BCUT2D eigenvalue weighted by molar-refractivity contribution is 5.94. The van der Waals surface area contributed by atoms with Gasteiger partial charge >= 0.3 is 0 Å². The Morgan fingerprint density at radius 1 is 1.14 bits per heavy atom. The first-order valence-electron chi connectivity index (χ1n) is 7.47. The first-order valence-corrected chi connectivity index (χ1v) is 7.47. The van der Waals surface area contributed by atoms with E-state index >= 15 is 0 Å². The quantitative estimate of drug-likeness (QED) is 0.842. The van der Waals surface area contributed by atoms with Crippen LogP contribution in [-0.2, 0) is 17.6 Å². The maximum Gasteiger partial charge on any atom is 0.227 e. The second-order valence-corrected chi connectivity index (χ2v) is 5.53. The number of hydrogen-bond acceptors (Lipinski definition) is 1. The van der Waals surface area contributed by atoms with Crippen molar-refractivity contribution in [2.45, 2.75) is 25.7 Å². The minimum atomic E-state index is -0.351. The second kappa shape index (κ2) is 6.26. The van der Waals surface area contributed by atoms with Gasteiger partial charge in [-0.15, -0.1) is 0 Å². The zero-order chi connectivity index (χ0) is 15.5. The summed E-state index contributed by atoms with van der Waals surface area (Å²) in [5.74, 6) is -0.772. The van der Waals surface area contributed by atoms with Crippen molar-refractivity contribution in [3.05, 3.63) is 65.2 Å². The van der Waals surface area contributed by atoms with Crippen LogP contribution in [0.4, 0.5) is 14.5 Å². The molecule has 0 saturated carbocycles. The predicted molar refractivity (Wildman–Crippen MR) is 81.8 cm³/mol. The van der Waals surface area contributed by atoms with Crippen LogP contribution < -0.4 is 4.90 Å². The van der Waals surface area contributed by atoms with Crippen molar-refractivity contribution >= 4 is 11.6 Å². The number of halogens is 2. The molecule has 0 aliphatic carbocycles. The molecule has 0 aromatic heterocycles. The average Bonchev–Trinajstić information content (AvgIpc) is 2.52. The molecule has 2 aromatic carbocycles. The number of para-hydroxylation sites is 1. The standard InChI is InChI=1S/C18H17F2NO/c19-15-7-1-4-13(12-15)9-10-17(22)21-11-3-6-14-5-2-8-16(20)18(14)21/h1-2,4-5,7-8,12H,3,6,9-11H2. The molecule has 0 radical (unpaired) electrons. The van der Waals surface area contributed by atoms with Crippen molar-refractivity contribution in [2.75, 3.05) is 11.4 Å². The van der Waals surface area contributed by atoms with Gasteiger partial charge in [0.2, 0.25) is 5.91 Å². The first-order chi connectivity index (χ1) is 10.6. The number of aryl methyl sites for hydroxylation is 2. The Hall–Kier alpha value is -2.23. The molecule has 0 fully saturated rings. The molecule has 2 nitrogen and oxygen atoms in total. The van der Waals surface area contributed by atoms with Gasteiger partial charge in [-0.1, -0.05) is 24.3 Å². The molecule has 114 valence electrons. The lowest BCUT2D eigenvalue weighted by molar-refractivity contribution is -0.118. The highest BCUT2D eigenvalue weighted by atomic mass is 19.1. The van der Waals surface area contributed by atoms with Gasteiger partial charge in [0, 0.05) is 13.0 Å². The molecule has 1 aliphatic heterocycles. The number of carbonyl (C=O) groups is 1. The van der Waals surface area contributed by atoms with Crippen LogP contribution in [0.15, 0.2) is 42.5 Å². The molecule has 0 bridgehead atoms. The fourth-order valence-electron chi connectivity index (χ4n) is 2.93. The molecule has 0 spiro atoms. The Kier molecular flexibility index (Phi) is 4.18. The van der Waals surface area contributed by atoms with Gasteiger partial charge in [0.05, 0.1) is 5.69 Å². The number of rotatable bonds is 3. The Morgan fingerprint density at radius 2 is 1.95 bits per heavy atom. The van der Waals surface area contributed by atoms with E-state index < -0.39 is 0 Å².